The zero-order valence-corrected chi connectivity index (χ0v) is 11.8. The Morgan fingerprint density at radius 3 is 2.75 bits per heavy atom. The van der Waals surface area contributed by atoms with E-state index in [0.29, 0.717) is 6.42 Å². The van der Waals surface area contributed by atoms with E-state index in [9.17, 15) is 14.7 Å². The summed E-state index contributed by atoms with van der Waals surface area (Å²) >= 11 is 0. The highest BCUT2D eigenvalue weighted by Gasteiger charge is 2.31. The van der Waals surface area contributed by atoms with Gasteiger partial charge in [0.15, 0.2) is 0 Å². The van der Waals surface area contributed by atoms with Crippen molar-refractivity contribution < 1.29 is 14.7 Å². The average Bonchev–Trinajstić information content (AvgIpc) is 2.43. The van der Waals surface area contributed by atoms with Gasteiger partial charge >= 0.3 is 5.97 Å². The van der Waals surface area contributed by atoms with Crippen LogP contribution in [0.2, 0.25) is 0 Å². The largest absolute Gasteiger partial charge is 0.481 e. The number of amides is 1. The molecule has 1 aliphatic heterocycles. The average molecular weight is 276 g/mol. The van der Waals surface area contributed by atoms with Crippen LogP contribution in [0.1, 0.15) is 19.4 Å². The molecule has 0 saturated carbocycles. The van der Waals surface area contributed by atoms with Crippen molar-refractivity contribution in [2.45, 2.75) is 26.3 Å². The van der Waals surface area contributed by atoms with Crippen LogP contribution in [0, 0.1) is 5.92 Å². The second-order valence-electron chi connectivity index (χ2n) is 5.41. The van der Waals surface area contributed by atoms with E-state index in [4.69, 9.17) is 0 Å². The molecule has 1 amide bonds. The summed E-state index contributed by atoms with van der Waals surface area (Å²) in [5, 5.41) is 12.3. The van der Waals surface area contributed by atoms with E-state index in [0.717, 1.165) is 11.3 Å². The molecule has 0 bridgehead atoms. The van der Waals surface area contributed by atoms with Gasteiger partial charge in [0.25, 0.3) is 0 Å². The van der Waals surface area contributed by atoms with Gasteiger partial charge in [-0.3, -0.25) is 9.59 Å². The van der Waals surface area contributed by atoms with Gasteiger partial charge in [-0.1, -0.05) is 32.0 Å². The molecular formula is C15H20N2O3. The van der Waals surface area contributed by atoms with Gasteiger partial charge in [-0.25, -0.2) is 0 Å². The van der Waals surface area contributed by atoms with Crippen LogP contribution >= 0.6 is 0 Å². The van der Waals surface area contributed by atoms with Gasteiger partial charge in [-0.2, -0.15) is 0 Å². The minimum atomic E-state index is -0.853. The molecule has 108 valence electrons. The molecule has 0 radical (unpaired) electrons. The second-order valence-corrected chi connectivity index (χ2v) is 5.41. The van der Waals surface area contributed by atoms with Crippen molar-refractivity contribution in [3.8, 4) is 0 Å². The Morgan fingerprint density at radius 1 is 1.40 bits per heavy atom. The van der Waals surface area contributed by atoms with Gasteiger partial charge in [0.1, 0.15) is 0 Å². The predicted molar refractivity (Wildman–Crippen MR) is 76.8 cm³/mol. The summed E-state index contributed by atoms with van der Waals surface area (Å²) in [6.07, 6.45) is 0.479. The first kappa shape index (κ1) is 14.5. The Bertz CT molecular complexity index is 514. The predicted octanol–water partition coefficient (Wildman–Crippen LogP) is 1.27. The molecule has 5 heteroatoms. The Labute approximate surface area is 118 Å². The number of rotatable bonds is 4. The number of benzene rings is 1. The molecule has 1 unspecified atom stereocenters. The molecule has 1 aromatic rings. The van der Waals surface area contributed by atoms with Crippen molar-refractivity contribution in [1.29, 1.82) is 0 Å². The topological polar surface area (TPSA) is 69.6 Å². The number of anilines is 1. The van der Waals surface area contributed by atoms with Crippen LogP contribution < -0.4 is 10.2 Å². The summed E-state index contributed by atoms with van der Waals surface area (Å²) in [6.45, 7) is 4.40. The number of carbonyl (C=O) groups is 2. The van der Waals surface area contributed by atoms with E-state index in [1.54, 1.807) is 4.90 Å². The van der Waals surface area contributed by atoms with Gasteiger partial charge in [-0.15, -0.1) is 0 Å². The lowest BCUT2D eigenvalue weighted by Crippen LogP contribution is -2.46. The van der Waals surface area contributed by atoms with Crippen molar-refractivity contribution in [3.63, 3.8) is 0 Å². The van der Waals surface area contributed by atoms with Gasteiger partial charge in [-0.05, 0) is 18.1 Å². The Kier molecular flexibility index (Phi) is 4.39. The highest BCUT2D eigenvalue weighted by molar-refractivity contribution is 5.97. The maximum Gasteiger partial charge on any atom is 0.308 e. The number of carbonyl (C=O) groups excluding carboxylic acids is 1. The molecule has 0 fully saturated rings. The van der Waals surface area contributed by atoms with E-state index in [-0.39, 0.29) is 25.0 Å². The lowest BCUT2D eigenvalue weighted by molar-refractivity contribution is -0.141. The third-order valence-electron chi connectivity index (χ3n) is 3.46. The van der Waals surface area contributed by atoms with Crippen LogP contribution in [0.5, 0.6) is 0 Å². The minimum Gasteiger partial charge on any atom is -0.481 e. The van der Waals surface area contributed by atoms with Crippen LogP contribution in [0.25, 0.3) is 0 Å². The quantitative estimate of drug-likeness (QED) is 0.869. The molecule has 5 nitrogen and oxygen atoms in total. The van der Waals surface area contributed by atoms with Crippen molar-refractivity contribution in [1.82, 2.24) is 5.32 Å². The number of aliphatic carboxylic acids is 1. The molecule has 0 aliphatic carbocycles. The number of carboxylic acids is 1. The normalized spacial score (nSPS) is 17.9. The number of hydrogen-bond acceptors (Lipinski definition) is 3. The molecule has 0 spiro atoms. The molecule has 20 heavy (non-hydrogen) atoms. The summed E-state index contributed by atoms with van der Waals surface area (Å²) in [6, 6.07) is 7.73. The number of fused-ring (bicyclic) bond motifs is 1. The van der Waals surface area contributed by atoms with Crippen LogP contribution in [0.4, 0.5) is 5.69 Å². The van der Waals surface area contributed by atoms with Crippen molar-refractivity contribution in [3.05, 3.63) is 29.8 Å². The lowest BCUT2D eigenvalue weighted by atomic mass is 9.92. The number of carboxylic acid groups (broad SMARTS) is 1. The molecule has 2 rings (SSSR count). The molecular weight excluding hydrogens is 256 g/mol. The second kappa shape index (κ2) is 6.05. The van der Waals surface area contributed by atoms with E-state index in [1.807, 2.05) is 38.1 Å². The van der Waals surface area contributed by atoms with Gasteiger partial charge in [0.05, 0.1) is 12.5 Å². The summed E-state index contributed by atoms with van der Waals surface area (Å²) < 4.78 is 0. The maximum atomic E-state index is 12.3. The number of nitrogens with one attached hydrogen (secondary N) is 1. The van der Waals surface area contributed by atoms with Gasteiger partial charge in [0, 0.05) is 18.3 Å². The van der Waals surface area contributed by atoms with E-state index < -0.39 is 11.9 Å². The van der Waals surface area contributed by atoms with Crippen LogP contribution in [0.3, 0.4) is 0 Å². The molecule has 1 aliphatic rings. The third kappa shape index (κ3) is 3.17. The Hall–Kier alpha value is -1.88. The molecule has 2 N–H and O–H groups in total. The van der Waals surface area contributed by atoms with E-state index in [2.05, 4.69) is 5.32 Å². The van der Waals surface area contributed by atoms with Crippen LogP contribution in [-0.2, 0) is 16.0 Å². The maximum absolute atomic E-state index is 12.3. The minimum absolute atomic E-state index is 0.0860. The third-order valence-corrected chi connectivity index (χ3v) is 3.46. The van der Waals surface area contributed by atoms with Crippen molar-refractivity contribution in [2.24, 2.45) is 5.92 Å². The monoisotopic (exact) mass is 276 g/mol. The van der Waals surface area contributed by atoms with Gasteiger partial charge in [0.2, 0.25) is 5.91 Å². The summed E-state index contributed by atoms with van der Waals surface area (Å²) in [5.74, 6) is -1.47. The Morgan fingerprint density at radius 2 is 2.10 bits per heavy atom. The fourth-order valence-corrected chi connectivity index (χ4v) is 2.38. The zero-order valence-electron chi connectivity index (χ0n) is 11.8. The molecule has 0 saturated heterocycles. The molecule has 1 atom stereocenters. The van der Waals surface area contributed by atoms with Crippen molar-refractivity contribution >= 4 is 17.6 Å². The fraction of sp³-hybridized carbons (Fsp3) is 0.467. The standard InChI is InChI=1S/C15H20N2O3/c1-10(2)16-8-14(18)17-9-12(15(19)20)7-11-5-3-4-6-13(11)17/h3-6,10,12,16H,7-9H2,1-2H3,(H,19,20). The molecule has 1 heterocycles. The fourth-order valence-electron chi connectivity index (χ4n) is 2.38. The summed E-state index contributed by atoms with van der Waals surface area (Å²) in [5.41, 5.74) is 1.75. The van der Waals surface area contributed by atoms with E-state index >= 15 is 0 Å². The van der Waals surface area contributed by atoms with Crippen molar-refractivity contribution in [2.75, 3.05) is 18.0 Å². The summed E-state index contributed by atoms with van der Waals surface area (Å²) in [4.78, 5) is 25.1. The Balaban J connectivity index is 2.22. The van der Waals surface area contributed by atoms with Crippen LogP contribution in [0.15, 0.2) is 24.3 Å². The highest BCUT2D eigenvalue weighted by Crippen LogP contribution is 2.29. The van der Waals surface area contributed by atoms with E-state index in [1.165, 1.54) is 0 Å². The highest BCUT2D eigenvalue weighted by atomic mass is 16.4. The first-order chi connectivity index (χ1) is 9.49. The molecule has 0 aromatic heterocycles. The first-order valence-corrected chi connectivity index (χ1v) is 6.83. The first-order valence-electron chi connectivity index (χ1n) is 6.83. The number of nitrogens with zero attached hydrogens (tertiary/aromatic N) is 1. The molecule has 1 aromatic carbocycles. The van der Waals surface area contributed by atoms with Crippen LogP contribution in [-0.4, -0.2) is 36.1 Å². The zero-order chi connectivity index (χ0) is 14.7. The number of para-hydroxylation sites is 1. The SMILES string of the molecule is CC(C)NCC(=O)N1CC(C(=O)O)Cc2ccccc21. The number of hydrogen-bond donors (Lipinski definition) is 2. The summed E-state index contributed by atoms with van der Waals surface area (Å²) in [7, 11) is 0. The van der Waals surface area contributed by atoms with Gasteiger partial charge < -0.3 is 15.3 Å². The lowest BCUT2D eigenvalue weighted by Gasteiger charge is -2.33. The smallest absolute Gasteiger partial charge is 0.308 e.